The first kappa shape index (κ1) is 28.6. The fourth-order valence-electron chi connectivity index (χ4n) is 6.17. The number of carboxylic acid groups (broad SMARTS) is 1. The van der Waals surface area contributed by atoms with Crippen LogP contribution >= 0.6 is 11.8 Å². The number of hydrogen-bond donors (Lipinski definition) is 4. The van der Waals surface area contributed by atoms with Gasteiger partial charge in [-0.15, -0.1) is 11.8 Å². The van der Waals surface area contributed by atoms with Gasteiger partial charge in [-0.2, -0.15) is 0 Å². The Morgan fingerprint density at radius 2 is 1.89 bits per heavy atom. The zero-order chi connectivity index (χ0) is 26.9. The molecule has 3 aliphatic rings. The van der Waals surface area contributed by atoms with E-state index in [9.17, 15) is 29.4 Å². The Morgan fingerprint density at radius 1 is 1.22 bits per heavy atom. The van der Waals surface area contributed by atoms with Gasteiger partial charge < -0.3 is 20.6 Å². The van der Waals surface area contributed by atoms with Crippen molar-refractivity contribution in [1.82, 2.24) is 5.32 Å². The fraction of sp³-hybridized carbons (Fsp3) is 0.704. The molecule has 3 rings (SSSR count). The van der Waals surface area contributed by atoms with Crippen molar-refractivity contribution in [3.8, 4) is 0 Å². The Morgan fingerprint density at radius 3 is 2.50 bits per heavy atom. The predicted molar refractivity (Wildman–Crippen MR) is 137 cm³/mol. The van der Waals surface area contributed by atoms with Gasteiger partial charge in [-0.25, -0.2) is 4.79 Å². The van der Waals surface area contributed by atoms with Crippen molar-refractivity contribution in [3.05, 3.63) is 23.3 Å². The van der Waals surface area contributed by atoms with Gasteiger partial charge >= 0.3 is 5.97 Å². The standard InChI is InChI=1S/C27H39NO7S/c1-13(2)8-18-23-16(5)15(4)10-17-9-14(3)6-7-19(29)24(32)21(36-12-20(30)25(33)34)11-22(31)27(17,23)26(35)28-18/h9-10,13,16-21,23,29-30H,6-8,11-12H2,1-5H3,(H,28,35)(H,33,34)/b14-9+/t16-,17-,18-,19-,20-,21+,23-,27+/m0/s1. The maximum Gasteiger partial charge on any atom is 0.333 e. The molecule has 4 N–H and O–H groups in total. The van der Waals surface area contributed by atoms with E-state index in [-0.39, 0.29) is 48.2 Å². The van der Waals surface area contributed by atoms with Crippen LogP contribution in [-0.2, 0) is 19.2 Å². The van der Waals surface area contributed by atoms with E-state index in [4.69, 9.17) is 5.11 Å². The largest absolute Gasteiger partial charge is 0.479 e. The average Bonchev–Trinajstić information content (AvgIpc) is 3.08. The van der Waals surface area contributed by atoms with E-state index in [1.807, 2.05) is 32.9 Å². The molecular formula is C27H39NO7S. The molecule has 0 aromatic heterocycles. The number of Topliss-reactive ketones (excluding diaryl/α,β-unsaturated/α-hetero) is 2. The van der Waals surface area contributed by atoms with Crippen LogP contribution in [0, 0.1) is 29.1 Å². The minimum atomic E-state index is -1.71. The highest BCUT2D eigenvalue weighted by atomic mass is 32.2. The molecule has 0 radical (unpaired) electrons. The number of nitrogens with one attached hydrogen (secondary N) is 1. The van der Waals surface area contributed by atoms with E-state index in [0.29, 0.717) is 12.3 Å². The van der Waals surface area contributed by atoms with Gasteiger partial charge in [0.1, 0.15) is 11.5 Å². The van der Waals surface area contributed by atoms with Gasteiger partial charge in [0.2, 0.25) is 5.91 Å². The number of rotatable bonds is 6. The van der Waals surface area contributed by atoms with Crippen LogP contribution in [0.25, 0.3) is 0 Å². The number of carbonyl (C=O) groups is 4. The second kappa shape index (κ2) is 11.2. The summed E-state index contributed by atoms with van der Waals surface area (Å²) in [5.74, 6) is -3.51. The summed E-state index contributed by atoms with van der Waals surface area (Å²) in [5.41, 5.74) is 0.618. The fourth-order valence-corrected chi connectivity index (χ4v) is 7.32. The lowest BCUT2D eigenvalue weighted by Gasteiger charge is -2.45. The molecule has 1 aliphatic heterocycles. The highest BCUT2D eigenvalue weighted by molar-refractivity contribution is 8.00. The summed E-state index contributed by atoms with van der Waals surface area (Å²) >= 11 is 0.855. The number of hydrogen-bond acceptors (Lipinski definition) is 7. The lowest BCUT2D eigenvalue weighted by atomic mass is 9.54. The molecule has 200 valence electrons. The number of aliphatic hydroxyl groups is 2. The molecule has 1 spiro atoms. The van der Waals surface area contributed by atoms with Crippen LogP contribution in [0.15, 0.2) is 23.3 Å². The van der Waals surface area contributed by atoms with Gasteiger partial charge in [0.25, 0.3) is 0 Å². The van der Waals surface area contributed by atoms with Crippen molar-refractivity contribution >= 4 is 35.2 Å². The van der Waals surface area contributed by atoms with Gasteiger partial charge in [0.05, 0.1) is 5.25 Å². The van der Waals surface area contributed by atoms with Crippen LogP contribution < -0.4 is 5.32 Å². The summed E-state index contributed by atoms with van der Waals surface area (Å²) in [7, 11) is 0. The van der Waals surface area contributed by atoms with E-state index < -0.39 is 40.5 Å². The molecule has 1 saturated heterocycles. The lowest BCUT2D eigenvalue weighted by Crippen LogP contribution is -2.53. The number of carboxylic acids is 1. The second-order valence-electron chi connectivity index (χ2n) is 11.1. The Hall–Kier alpha value is -1.97. The zero-order valence-electron chi connectivity index (χ0n) is 21.7. The van der Waals surface area contributed by atoms with Crippen molar-refractivity contribution in [3.63, 3.8) is 0 Å². The van der Waals surface area contributed by atoms with Crippen LogP contribution in [0.3, 0.4) is 0 Å². The van der Waals surface area contributed by atoms with Crippen molar-refractivity contribution in [2.45, 2.75) is 83.8 Å². The maximum absolute atomic E-state index is 14.3. The smallest absolute Gasteiger partial charge is 0.333 e. The molecule has 8 atom stereocenters. The molecule has 2 aliphatic carbocycles. The summed E-state index contributed by atoms with van der Waals surface area (Å²) in [6.07, 6.45) is 1.93. The third-order valence-corrected chi connectivity index (χ3v) is 9.41. The zero-order valence-corrected chi connectivity index (χ0v) is 22.5. The minimum Gasteiger partial charge on any atom is -0.479 e. The number of aliphatic hydroxyl groups excluding tert-OH is 2. The van der Waals surface area contributed by atoms with Crippen LogP contribution in [0.5, 0.6) is 0 Å². The molecule has 0 aromatic rings. The van der Waals surface area contributed by atoms with E-state index in [1.54, 1.807) is 0 Å². The molecule has 9 heteroatoms. The van der Waals surface area contributed by atoms with E-state index >= 15 is 0 Å². The third-order valence-electron chi connectivity index (χ3n) is 8.10. The number of ketones is 2. The monoisotopic (exact) mass is 521 g/mol. The van der Waals surface area contributed by atoms with Crippen LogP contribution in [0.2, 0.25) is 0 Å². The Labute approximate surface area is 217 Å². The highest BCUT2D eigenvalue weighted by Gasteiger charge is 2.65. The van der Waals surface area contributed by atoms with Crippen LogP contribution in [0.4, 0.5) is 0 Å². The first-order valence-corrected chi connectivity index (χ1v) is 13.8. The summed E-state index contributed by atoms with van der Waals surface area (Å²) in [6.45, 7) is 10.1. The van der Waals surface area contributed by atoms with E-state index in [0.717, 1.165) is 29.3 Å². The molecule has 0 aromatic carbocycles. The van der Waals surface area contributed by atoms with Crippen molar-refractivity contribution in [2.24, 2.45) is 29.1 Å². The lowest BCUT2D eigenvalue weighted by molar-refractivity contribution is -0.146. The summed E-state index contributed by atoms with van der Waals surface area (Å²) in [5, 5.41) is 31.5. The van der Waals surface area contributed by atoms with Crippen molar-refractivity contribution < 1.29 is 34.5 Å². The van der Waals surface area contributed by atoms with Gasteiger partial charge in [-0.3, -0.25) is 14.4 Å². The predicted octanol–water partition coefficient (Wildman–Crippen LogP) is 2.52. The number of aliphatic carboxylic acids is 1. The molecule has 0 bridgehead atoms. The van der Waals surface area contributed by atoms with Crippen molar-refractivity contribution in [1.29, 1.82) is 0 Å². The normalized spacial score (nSPS) is 37.7. The van der Waals surface area contributed by atoms with Gasteiger partial charge in [0, 0.05) is 30.1 Å². The van der Waals surface area contributed by atoms with Crippen molar-refractivity contribution in [2.75, 3.05) is 5.75 Å². The SMILES string of the molecule is CC1=C[C@@H]2/C=C(\C)CC[C@H](O)C(=O)[C@H](SC[C@H](O)C(=O)O)CC(=O)[C@]23C(=O)N[C@@H](CC(C)C)[C@@H]3[C@H]1C. The molecular weight excluding hydrogens is 482 g/mol. The molecule has 1 fully saturated rings. The molecule has 1 amide bonds. The van der Waals surface area contributed by atoms with E-state index in [2.05, 4.69) is 19.2 Å². The van der Waals surface area contributed by atoms with Gasteiger partial charge in [-0.05, 0) is 44.9 Å². The first-order chi connectivity index (χ1) is 16.8. The summed E-state index contributed by atoms with van der Waals surface area (Å²) in [4.78, 5) is 52.4. The summed E-state index contributed by atoms with van der Waals surface area (Å²) in [6, 6.07) is -0.192. The number of carbonyl (C=O) groups excluding carboxylic acids is 3. The van der Waals surface area contributed by atoms with E-state index in [1.165, 1.54) is 0 Å². The minimum absolute atomic E-state index is 0.0343. The third kappa shape index (κ3) is 5.34. The quantitative estimate of drug-likeness (QED) is 0.309. The Balaban J connectivity index is 2.12. The Kier molecular flexibility index (Phi) is 8.89. The van der Waals surface area contributed by atoms with Gasteiger partial charge in [-0.1, -0.05) is 44.1 Å². The number of thioether (sulfide) groups is 1. The van der Waals surface area contributed by atoms with Gasteiger partial charge in [0.15, 0.2) is 17.7 Å². The molecule has 36 heavy (non-hydrogen) atoms. The molecule has 1 heterocycles. The second-order valence-corrected chi connectivity index (χ2v) is 12.3. The highest BCUT2D eigenvalue weighted by Crippen LogP contribution is 2.55. The van der Waals surface area contributed by atoms with Crippen LogP contribution in [-0.4, -0.2) is 68.0 Å². The summed E-state index contributed by atoms with van der Waals surface area (Å²) < 4.78 is 0. The number of amides is 1. The number of allylic oxidation sites excluding steroid dienone is 4. The molecule has 0 unspecified atom stereocenters. The molecule has 0 saturated carbocycles. The topological polar surface area (TPSA) is 141 Å². The first-order valence-electron chi connectivity index (χ1n) is 12.7. The molecule has 8 nitrogen and oxygen atoms in total. The van der Waals surface area contributed by atoms with Crippen LogP contribution in [0.1, 0.15) is 60.3 Å². The maximum atomic E-state index is 14.3. The Bertz CT molecular complexity index is 973. The average molecular weight is 522 g/mol.